The Labute approximate surface area is 178 Å². The van der Waals surface area contributed by atoms with E-state index in [9.17, 15) is 18.0 Å². The minimum absolute atomic E-state index is 0.315. The van der Waals surface area contributed by atoms with E-state index in [0.29, 0.717) is 36.7 Å². The number of rotatable bonds is 3. The number of hydrogen-bond acceptors (Lipinski definition) is 6. The van der Waals surface area contributed by atoms with E-state index in [1.165, 1.54) is 0 Å². The number of carbonyl (C=O) groups excluding carboxylic acids is 1. The van der Waals surface area contributed by atoms with Crippen molar-refractivity contribution < 1.29 is 32.6 Å². The minimum atomic E-state index is -5.08. The van der Waals surface area contributed by atoms with E-state index in [1.807, 2.05) is 24.0 Å². The molecule has 3 fully saturated rings. The number of nitrogens with zero attached hydrogens (tertiary/aromatic N) is 4. The molecular formula is C20H27F3N4O4. The van der Waals surface area contributed by atoms with E-state index in [0.717, 1.165) is 57.1 Å². The van der Waals surface area contributed by atoms with Crippen molar-refractivity contribution in [2.75, 3.05) is 44.3 Å². The summed E-state index contributed by atoms with van der Waals surface area (Å²) in [6, 6.07) is 4.06. The number of carbonyl (C=O) groups is 2. The number of halogens is 3. The van der Waals surface area contributed by atoms with Crippen molar-refractivity contribution in [3.8, 4) is 0 Å². The first-order valence-electron chi connectivity index (χ1n) is 10.4. The van der Waals surface area contributed by atoms with Gasteiger partial charge in [-0.1, -0.05) is 0 Å². The topological polar surface area (TPSA) is 95.9 Å². The fourth-order valence-corrected chi connectivity index (χ4v) is 4.38. The first kappa shape index (κ1) is 23.2. The van der Waals surface area contributed by atoms with Gasteiger partial charge < -0.3 is 19.6 Å². The highest BCUT2D eigenvalue weighted by atomic mass is 19.4. The maximum absolute atomic E-state index is 12.5. The number of anilines is 1. The Balaban J connectivity index is 0.000000339. The fraction of sp³-hybridized carbons (Fsp3) is 0.700. The first-order chi connectivity index (χ1) is 14.6. The third-order valence-corrected chi connectivity index (χ3v) is 6.01. The number of aryl methyl sites for hydroxylation is 1. The summed E-state index contributed by atoms with van der Waals surface area (Å²) in [6.07, 6.45) is -2.15. The van der Waals surface area contributed by atoms with E-state index >= 15 is 0 Å². The van der Waals surface area contributed by atoms with Crippen LogP contribution in [-0.2, 0) is 14.3 Å². The van der Waals surface area contributed by atoms with E-state index in [-0.39, 0.29) is 0 Å². The average Bonchev–Trinajstić information content (AvgIpc) is 3.39. The summed E-state index contributed by atoms with van der Waals surface area (Å²) in [5.41, 5.74) is 0.938. The van der Waals surface area contributed by atoms with Crippen LogP contribution in [0.5, 0.6) is 0 Å². The molecule has 0 saturated carbocycles. The molecule has 4 heterocycles. The number of amides is 1. The molecule has 3 aliphatic rings. The third-order valence-electron chi connectivity index (χ3n) is 6.01. The van der Waals surface area contributed by atoms with Gasteiger partial charge in [-0.25, -0.2) is 4.79 Å². The average molecular weight is 444 g/mol. The molecule has 3 saturated heterocycles. The van der Waals surface area contributed by atoms with Crippen LogP contribution in [0.3, 0.4) is 0 Å². The largest absolute Gasteiger partial charge is 0.490 e. The summed E-state index contributed by atoms with van der Waals surface area (Å²) in [4.78, 5) is 25.8. The van der Waals surface area contributed by atoms with Gasteiger partial charge in [0.1, 0.15) is 0 Å². The van der Waals surface area contributed by atoms with Crippen LogP contribution in [-0.4, -0.2) is 77.6 Å². The molecule has 1 N–H and O–H groups in total. The Kier molecular flexibility index (Phi) is 7.34. The smallest absolute Gasteiger partial charge is 0.475 e. The van der Waals surface area contributed by atoms with Gasteiger partial charge in [-0.2, -0.15) is 18.3 Å². The van der Waals surface area contributed by atoms with E-state index in [1.54, 1.807) is 0 Å². The summed E-state index contributed by atoms with van der Waals surface area (Å²) in [5, 5.41) is 15.6. The number of ether oxygens (including phenoxy) is 1. The van der Waals surface area contributed by atoms with Crippen LogP contribution in [0.15, 0.2) is 12.1 Å². The standard InChI is InChI=1S/C18H26N4O2.C2HF3O2/c1-13-4-5-17(20-19-13)22-9-15-12-24-11-14(16(15)10-22)8-18(23)21-6-2-3-7-21;3-2(4,5)1(6)7/h4-5,14-16H,2-3,6-12H2,1H3;(H,6,7)/t14-,15-,16+;/m1./s1. The number of hydrogen-bond donors (Lipinski definition) is 1. The van der Waals surface area contributed by atoms with E-state index in [2.05, 4.69) is 15.1 Å². The summed E-state index contributed by atoms with van der Waals surface area (Å²) in [5.74, 6) is -0.144. The van der Waals surface area contributed by atoms with Gasteiger partial charge in [-0.3, -0.25) is 4.79 Å². The molecule has 1 aromatic rings. The van der Waals surface area contributed by atoms with Gasteiger partial charge in [0.05, 0.1) is 18.9 Å². The second kappa shape index (κ2) is 9.80. The lowest BCUT2D eigenvalue weighted by Crippen LogP contribution is -2.39. The van der Waals surface area contributed by atoms with Gasteiger partial charge in [0, 0.05) is 38.5 Å². The Morgan fingerprint density at radius 1 is 1.16 bits per heavy atom. The quantitative estimate of drug-likeness (QED) is 0.763. The Hall–Kier alpha value is -2.43. The molecule has 11 heteroatoms. The van der Waals surface area contributed by atoms with Gasteiger partial charge in [-0.05, 0) is 43.7 Å². The van der Waals surface area contributed by atoms with Crippen molar-refractivity contribution in [3.63, 3.8) is 0 Å². The van der Waals surface area contributed by atoms with Gasteiger partial charge in [0.2, 0.25) is 5.91 Å². The number of fused-ring (bicyclic) bond motifs is 1. The van der Waals surface area contributed by atoms with Crippen molar-refractivity contribution in [1.82, 2.24) is 15.1 Å². The molecule has 31 heavy (non-hydrogen) atoms. The Bertz CT molecular complexity index is 769. The predicted molar refractivity (Wildman–Crippen MR) is 104 cm³/mol. The van der Waals surface area contributed by atoms with Crippen molar-refractivity contribution in [2.45, 2.75) is 32.4 Å². The highest BCUT2D eigenvalue weighted by Crippen LogP contribution is 2.37. The maximum Gasteiger partial charge on any atom is 0.490 e. The number of carboxylic acid groups (broad SMARTS) is 1. The van der Waals surface area contributed by atoms with Gasteiger partial charge in [0.15, 0.2) is 5.82 Å². The molecule has 3 aliphatic heterocycles. The van der Waals surface area contributed by atoms with Crippen LogP contribution in [0.1, 0.15) is 25.0 Å². The number of aromatic nitrogens is 2. The molecule has 0 aromatic carbocycles. The van der Waals surface area contributed by atoms with Crippen molar-refractivity contribution >= 4 is 17.7 Å². The van der Waals surface area contributed by atoms with Crippen LogP contribution in [0, 0.1) is 24.7 Å². The monoisotopic (exact) mass is 444 g/mol. The lowest BCUT2D eigenvalue weighted by molar-refractivity contribution is -0.192. The van der Waals surface area contributed by atoms with Crippen molar-refractivity contribution in [2.24, 2.45) is 17.8 Å². The highest BCUT2D eigenvalue weighted by molar-refractivity contribution is 5.76. The lowest BCUT2D eigenvalue weighted by Gasteiger charge is -2.33. The second-order valence-electron chi connectivity index (χ2n) is 8.25. The summed E-state index contributed by atoms with van der Waals surface area (Å²) in [7, 11) is 0. The van der Waals surface area contributed by atoms with Crippen LogP contribution in [0.2, 0.25) is 0 Å². The number of likely N-dealkylation sites (tertiary alicyclic amines) is 1. The normalized spacial score (nSPS) is 25.6. The number of carboxylic acids is 1. The molecule has 0 spiro atoms. The summed E-state index contributed by atoms with van der Waals surface area (Å²) < 4.78 is 37.6. The van der Waals surface area contributed by atoms with E-state index < -0.39 is 12.1 Å². The third kappa shape index (κ3) is 6.05. The van der Waals surface area contributed by atoms with Gasteiger partial charge in [-0.15, -0.1) is 5.10 Å². The summed E-state index contributed by atoms with van der Waals surface area (Å²) in [6.45, 7) is 7.26. The van der Waals surface area contributed by atoms with Crippen LogP contribution in [0.4, 0.5) is 19.0 Å². The SMILES string of the molecule is Cc1ccc(N2C[C@@H]3COC[C@@H](CC(=O)N4CCCC4)[C@@H]3C2)nn1.O=C(O)C(F)(F)F. The van der Waals surface area contributed by atoms with Crippen molar-refractivity contribution in [3.05, 3.63) is 17.8 Å². The first-order valence-corrected chi connectivity index (χ1v) is 10.4. The lowest BCUT2D eigenvalue weighted by atomic mass is 9.81. The molecule has 0 aliphatic carbocycles. The molecule has 0 unspecified atom stereocenters. The van der Waals surface area contributed by atoms with Crippen molar-refractivity contribution in [1.29, 1.82) is 0 Å². The highest BCUT2D eigenvalue weighted by Gasteiger charge is 2.42. The fourth-order valence-electron chi connectivity index (χ4n) is 4.38. The molecule has 4 rings (SSSR count). The van der Waals surface area contributed by atoms with Gasteiger partial charge in [0.25, 0.3) is 0 Å². The molecular weight excluding hydrogens is 417 g/mol. The van der Waals surface area contributed by atoms with Crippen LogP contribution >= 0.6 is 0 Å². The molecule has 0 bridgehead atoms. The zero-order chi connectivity index (χ0) is 22.6. The van der Waals surface area contributed by atoms with Gasteiger partial charge >= 0.3 is 12.1 Å². The summed E-state index contributed by atoms with van der Waals surface area (Å²) >= 11 is 0. The molecule has 3 atom stereocenters. The molecule has 1 aromatic heterocycles. The Morgan fingerprint density at radius 3 is 2.42 bits per heavy atom. The molecule has 1 amide bonds. The molecule has 172 valence electrons. The molecule has 0 radical (unpaired) electrons. The Morgan fingerprint density at radius 2 is 1.84 bits per heavy atom. The second-order valence-corrected chi connectivity index (χ2v) is 8.25. The zero-order valence-corrected chi connectivity index (χ0v) is 17.3. The van der Waals surface area contributed by atoms with Crippen LogP contribution in [0.25, 0.3) is 0 Å². The predicted octanol–water partition coefficient (Wildman–Crippen LogP) is 2.13. The minimum Gasteiger partial charge on any atom is -0.475 e. The maximum atomic E-state index is 12.5. The van der Waals surface area contributed by atoms with E-state index in [4.69, 9.17) is 14.6 Å². The number of aliphatic carboxylic acids is 1. The molecule has 8 nitrogen and oxygen atoms in total. The zero-order valence-electron chi connectivity index (χ0n) is 17.3. The van der Waals surface area contributed by atoms with Crippen LogP contribution < -0.4 is 4.90 Å². The number of alkyl halides is 3.